The van der Waals surface area contributed by atoms with Crippen LogP contribution in [-0.2, 0) is 0 Å². The number of aromatic hydroxyl groups is 1. The summed E-state index contributed by atoms with van der Waals surface area (Å²) < 4.78 is 0.603. The summed E-state index contributed by atoms with van der Waals surface area (Å²) in [7, 11) is 0. The monoisotopic (exact) mass is 349 g/mol. The fourth-order valence-corrected chi connectivity index (χ4v) is 2.22. The zero-order valence-corrected chi connectivity index (χ0v) is 12.6. The lowest BCUT2D eigenvalue weighted by Gasteiger charge is -2.11. The number of hydrogen-bond donors (Lipinski definition) is 3. The third-order valence-corrected chi connectivity index (χ3v) is 3.50. The maximum atomic E-state index is 12.2. The SMILES string of the molecule is Cc1c(O)cccc1C(=O)Nc1ccc(Br)cc1C(=O)O. The van der Waals surface area contributed by atoms with Crippen molar-refractivity contribution in [2.75, 3.05) is 5.32 Å². The van der Waals surface area contributed by atoms with Gasteiger partial charge in [-0.25, -0.2) is 4.79 Å². The Hall–Kier alpha value is -2.34. The van der Waals surface area contributed by atoms with Crippen LogP contribution in [0.1, 0.15) is 26.3 Å². The third kappa shape index (κ3) is 3.22. The largest absolute Gasteiger partial charge is 0.508 e. The van der Waals surface area contributed by atoms with Crippen LogP contribution in [0.4, 0.5) is 5.69 Å². The average Bonchev–Trinajstić information content (AvgIpc) is 2.43. The molecule has 0 aromatic heterocycles. The van der Waals surface area contributed by atoms with Crippen LogP contribution in [0.15, 0.2) is 40.9 Å². The van der Waals surface area contributed by atoms with Gasteiger partial charge >= 0.3 is 5.97 Å². The molecule has 2 aromatic rings. The summed E-state index contributed by atoms with van der Waals surface area (Å²) in [5, 5.41) is 21.3. The zero-order valence-electron chi connectivity index (χ0n) is 11.1. The molecule has 0 aliphatic heterocycles. The van der Waals surface area contributed by atoms with Gasteiger partial charge in [0.25, 0.3) is 5.91 Å². The lowest BCUT2D eigenvalue weighted by atomic mass is 10.1. The second kappa shape index (κ2) is 5.97. The standard InChI is InChI=1S/C15H12BrNO4/c1-8-10(3-2-4-13(8)18)14(19)17-12-6-5-9(16)7-11(12)15(20)21/h2-7,18H,1H3,(H,17,19)(H,20,21). The Balaban J connectivity index is 2.36. The van der Waals surface area contributed by atoms with Gasteiger partial charge < -0.3 is 15.5 Å². The first kappa shape index (κ1) is 15.1. The van der Waals surface area contributed by atoms with Crippen LogP contribution in [0.3, 0.4) is 0 Å². The quantitative estimate of drug-likeness (QED) is 0.792. The Kier molecular flexibility index (Phi) is 4.28. The van der Waals surface area contributed by atoms with Gasteiger partial charge in [0, 0.05) is 15.6 Å². The van der Waals surface area contributed by atoms with E-state index >= 15 is 0 Å². The molecule has 0 radical (unpaired) electrons. The lowest BCUT2D eigenvalue weighted by molar-refractivity contribution is 0.0698. The highest BCUT2D eigenvalue weighted by molar-refractivity contribution is 9.10. The number of anilines is 1. The number of nitrogens with one attached hydrogen (secondary N) is 1. The normalized spacial score (nSPS) is 10.2. The molecule has 0 saturated heterocycles. The minimum absolute atomic E-state index is 0.0110. The molecule has 0 heterocycles. The third-order valence-electron chi connectivity index (χ3n) is 3.01. The van der Waals surface area contributed by atoms with Crippen molar-refractivity contribution in [3.8, 4) is 5.75 Å². The minimum atomic E-state index is -1.14. The van der Waals surface area contributed by atoms with Crippen LogP contribution in [0.25, 0.3) is 0 Å². The molecule has 2 rings (SSSR count). The van der Waals surface area contributed by atoms with Crippen molar-refractivity contribution in [3.05, 3.63) is 57.6 Å². The van der Waals surface area contributed by atoms with Crippen LogP contribution < -0.4 is 5.32 Å². The number of phenolic OH excluding ortho intramolecular Hbond substituents is 1. The molecule has 0 saturated carbocycles. The first-order valence-corrected chi connectivity index (χ1v) is 6.82. The van der Waals surface area contributed by atoms with Crippen LogP contribution >= 0.6 is 15.9 Å². The van der Waals surface area contributed by atoms with Crippen molar-refractivity contribution < 1.29 is 19.8 Å². The van der Waals surface area contributed by atoms with Gasteiger partial charge in [-0.3, -0.25) is 4.79 Å². The van der Waals surface area contributed by atoms with Crippen molar-refractivity contribution in [3.63, 3.8) is 0 Å². The van der Waals surface area contributed by atoms with E-state index in [4.69, 9.17) is 5.11 Å². The number of hydrogen-bond acceptors (Lipinski definition) is 3. The fraction of sp³-hybridized carbons (Fsp3) is 0.0667. The average molecular weight is 350 g/mol. The van der Waals surface area contributed by atoms with E-state index in [9.17, 15) is 14.7 Å². The topological polar surface area (TPSA) is 86.6 Å². The van der Waals surface area contributed by atoms with E-state index < -0.39 is 11.9 Å². The van der Waals surface area contributed by atoms with Crippen molar-refractivity contribution in [1.29, 1.82) is 0 Å². The number of carbonyl (C=O) groups excluding carboxylic acids is 1. The van der Waals surface area contributed by atoms with Crippen LogP contribution in [0.2, 0.25) is 0 Å². The molecule has 21 heavy (non-hydrogen) atoms. The number of phenols is 1. The van der Waals surface area contributed by atoms with Gasteiger partial charge in [-0.15, -0.1) is 0 Å². The molecule has 0 unspecified atom stereocenters. The lowest BCUT2D eigenvalue weighted by Crippen LogP contribution is -2.16. The molecule has 3 N–H and O–H groups in total. The van der Waals surface area contributed by atoms with Crippen molar-refractivity contribution >= 4 is 33.5 Å². The Bertz CT molecular complexity index is 728. The fourth-order valence-electron chi connectivity index (χ4n) is 1.86. The molecule has 5 nitrogen and oxygen atoms in total. The Morgan fingerprint density at radius 3 is 2.52 bits per heavy atom. The predicted molar refractivity (Wildman–Crippen MR) is 81.9 cm³/mol. The number of aromatic carboxylic acids is 1. The number of amides is 1. The van der Waals surface area contributed by atoms with Crippen LogP contribution in [0, 0.1) is 6.92 Å². The predicted octanol–water partition coefficient (Wildman–Crippen LogP) is 3.41. The first-order valence-electron chi connectivity index (χ1n) is 6.03. The van der Waals surface area contributed by atoms with Gasteiger partial charge in [0.1, 0.15) is 5.75 Å². The molecule has 108 valence electrons. The summed E-state index contributed by atoms with van der Waals surface area (Å²) in [4.78, 5) is 23.4. The van der Waals surface area contributed by atoms with E-state index in [0.717, 1.165) is 0 Å². The molecule has 0 spiro atoms. The highest BCUT2D eigenvalue weighted by Gasteiger charge is 2.16. The van der Waals surface area contributed by atoms with Crippen molar-refractivity contribution in [2.45, 2.75) is 6.92 Å². The zero-order chi connectivity index (χ0) is 15.6. The maximum absolute atomic E-state index is 12.2. The molecule has 0 atom stereocenters. The number of halogens is 1. The highest BCUT2D eigenvalue weighted by Crippen LogP contribution is 2.24. The summed E-state index contributed by atoms with van der Waals surface area (Å²) in [6, 6.07) is 9.14. The second-order valence-corrected chi connectivity index (χ2v) is 5.31. The van der Waals surface area contributed by atoms with Crippen molar-refractivity contribution in [2.24, 2.45) is 0 Å². The molecule has 0 bridgehead atoms. The van der Waals surface area contributed by atoms with E-state index in [1.807, 2.05) is 0 Å². The summed E-state index contributed by atoms with van der Waals surface area (Å²) in [6.45, 7) is 1.62. The molecule has 0 aliphatic carbocycles. The number of benzene rings is 2. The van der Waals surface area contributed by atoms with Crippen molar-refractivity contribution in [1.82, 2.24) is 0 Å². The molecular formula is C15H12BrNO4. The minimum Gasteiger partial charge on any atom is -0.508 e. The smallest absolute Gasteiger partial charge is 0.337 e. The number of carboxylic acids is 1. The number of carbonyl (C=O) groups is 2. The maximum Gasteiger partial charge on any atom is 0.337 e. The molecule has 0 fully saturated rings. The molecule has 0 aliphatic rings. The number of rotatable bonds is 3. The van der Waals surface area contributed by atoms with Gasteiger partial charge in [-0.1, -0.05) is 22.0 Å². The van der Waals surface area contributed by atoms with Crippen LogP contribution in [0.5, 0.6) is 5.75 Å². The van der Waals surface area contributed by atoms with E-state index in [1.165, 1.54) is 18.2 Å². The van der Waals surface area contributed by atoms with E-state index in [0.29, 0.717) is 10.0 Å². The van der Waals surface area contributed by atoms with Gasteiger partial charge in [0.15, 0.2) is 0 Å². The van der Waals surface area contributed by atoms with Gasteiger partial charge in [-0.2, -0.15) is 0 Å². The van der Waals surface area contributed by atoms with E-state index in [2.05, 4.69) is 21.2 Å². The Morgan fingerprint density at radius 1 is 1.14 bits per heavy atom. The summed E-state index contributed by atoms with van der Waals surface area (Å²) in [5.41, 5.74) is 0.896. The molecule has 1 amide bonds. The Morgan fingerprint density at radius 2 is 1.86 bits per heavy atom. The highest BCUT2D eigenvalue weighted by atomic mass is 79.9. The Labute approximate surface area is 129 Å². The molecule has 6 heteroatoms. The molecule has 2 aromatic carbocycles. The van der Waals surface area contributed by atoms with Gasteiger partial charge in [0.05, 0.1) is 11.3 Å². The van der Waals surface area contributed by atoms with Crippen LogP contribution in [-0.4, -0.2) is 22.1 Å². The first-order chi connectivity index (χ1) is 9.90. The second-order valence-electron chi connectivity index (χ2n) is 4.40. The van der Waals surface area contributed by atoms with E-state index in [1.54, 1.807) is 25.1 Å². The van der Waals surface area contributed by atoms with Gasteiger partial charge in [0.2, 0.25) is 0 Å². The number of carboxylic acid groups (broad SMARTS) is 1. The van der Waals surface area contributed by atoms with E-state index in [-0.39, 0.29) is 22.6 Å². The summed E-state index contributed by atoms with van der Waals surface area (Å²) in [6.07, 6.45) is 0. The summed E-state index contributed by atoms with van der Waals surface area (Å²) in [5.74, 6) is -1.61. The summed E-state index contributed by atoms with van der Waals surface area (Å²) >= 11 is 3.19. The van der Waals surface area contributed by atoms with Gasteiger partial charge in [-0.05, 0) is 37.3 Å². The molecular weight excluding hydrogens is 338 g/mol.